The van der Waals surface area contributed by atoms with Gasteiger partial charge in [0.05, 0.1) is 12.7 Å². The molecular formula is C22H21N3O3S. The van der Waals surface area contributed by atoms with Gasteiger partial charge in [0, 0.05) is 17.8 Å². The van der Waals surface area contributed by atoms with Gasteiger partial charge in [-0.25, -0.2) is 0 Å². The fourth-order valence-electron chi connectivity index (χ4n) is 2.78. The van der Waals surface area contributed by atoms with Gasteiger partial charge in [0.2, 0.25) is 5.91 Å². The summed E-state index contributed by atoms with van der Waals surface area (Å²) < 4.78 is 5.40. The van der Waals surface area contributed by atoms with E-state index >= 15 is 0 Å². The molecule has 7 heteroatoms. The number of methoxy groups -OCH3 is 1. The molecule has 6 nitrogen and oxygen atoms in total. The molecule has 0 saturated carbocycles. The van der Waals surface area contributed by atoms with Crippen molar-refractivity contribution in [3.05, 3.63) is 66.2 Å². The van der Waals surface area contributed by atoms with Crippen molar-refractivity contribution in [3.63, 3.8) is 0 Å². The minimum absolute atomic E-state index is 0.157. The summed E-state index contributed by atoms with van der Waals surface area (Å²) in [7, 11) is 1.54. The van der Waals surface area contributed by atoms with Crippen LogP contribution in [-0.4, -0.2) is 24.0 Å². The average molecular weight is 407 g/mol. The highest BCUT2D eigenvalue weighted by molar-refractivity contribution is 7.80. The molecule has 0 bridgehead atoms. The van der Waals surface area contributed by atoms with Gasteiger partial charge in [-0.15, -0.1) is 0 Å². The molecule has 3 N–H and O–H groups in total. The fraction of sp³-hybridized carbons (Fsp3) is 0.136. The monoisotopic (exact) mass is 407 g/mol. The number of amides is 2. The first-order chi connectivity index (χ1) is 14.0. The Balaban J connectivity index is 1.72. The molecule has 0 aliphatic carbocycles. The average Bonchev–Trinajstić information content (AvgIpc) is 2.73. The number of hydrogen-bond acceptors (Lipinski definition) is 4. The molecule has 2 amide bonds. The lowest BCUT2D eigenvalue weighted by molar-refractivity contribution is -0.119. The van der Waals surface area contributed by atoms with Crippen molar-refractivity contribution < 1.29 is 14.3 Å². The lowest BCUT2D eigenvalue weighted by Gasteiger charge is -2.12. The van der Waals surface area contributed by atoms with Crippen LogP contribution in [0, 0.1) is 0 Å². The number of ether oxygens (including phenoxy) is 1. The predicted molar refractivity (Wildman–Crippen MR) is 120 cm³/mol. The SMILES string of the molecule is CCC(=O)NC(=S)Nc1ccc(NC(=O)c2cc3ccccc3cc2OC)cc1. The Morgan fingerprint density at radius 1 is 0.931 bits per heavy atom. The standard InChI is InChI=1S/C22H21N3O3S/c1-3-20(26)25-22(29)24-17-10-8-16(9-11-17)23-21(27)18-12-14-6-4-5-7-15(14)13-19(18)28-2/h4-13H,3H2,1-2H3,(H,23,27)(H2,24,25,26,29). The van der Waals surface area contributed by atoms with Crippen molar-refractivity contribution in [2.45, 2.75) is 13.3 Å². The Bertz CT molecular complexity index is 1060. The van der Waals surface area contributed by atoms with Crippen LogP contribution in [0.25, 0.3) is 10.8 Å². The predicted octanol–water partition coefficient (Wildman–Crippen LogP) is 4.32. The second-order valence-corrected chi connectivity index (χ2v) is 6.70. The van der Waals surface area contributed by atoms with Crippen LogP contribution in [0.5, 0.6) is 5.75 Å². The van der Waals surface area contributed by atoms with E-state index in [9.17, 15) is 9.59 Å². The molecule has 0 atom stereocenters. The minimum atomic E-state index is -0.265. The van der Waals surface area contributed by atoms with Crippen molar-refractivity contribution in [3.8, 4) is 5.75 Å². The molecule has 0 aliphatic heterocycles. The third-order valence-electron chi connectivity index (χ3n) is 4.29. The van der Waals surface area contributed by atoms with Crippen LogP contribution in [0.15, 0.2) is 60.7 Å². The van der Waals surface area contributed by atoms with Crippen LogP contribution < -0.4 is 20.7 Å². The normalized spacial score (nSPS) is 10.3. The van der Waals surface area contributed by atoms with E-state index in [-0.39, 0.29) is 16.9 Å². The van der Waals surface area contributed by atoms with Gasteiger partial charge in [-0.1, -0.05) is 31.2 Å². The third-order valence-corrected chi connectivity index (χ3v) is 4.49. The number of rotatable bonds is 5. The summed E-state index contributed by atoms with van der Waals surface area (Å²) in [4.78, 5) is 24.1. The largest absolute Gasteiger partial charge is 0.496 e. The van der Waals surface area contributed by atoms with Gasteiger partial charge in [-0.05, 0) is 59.4 Å². The molecule has 3 aromatic carbocycles. The summed E-state index contributed by atoms with van der Waals surface area (Å²) in [5.41, 5.74) is 1.78. The molecule has 3 aromatic rings. The van der Waals surface area contributed by atoms with Crippen molar-refractivity contribution in [1.29, 1.82) is 0 Å². The second-order valence-electron chi connectivity index (χ2n) is 6.29. The number of nitrogens with one attached hydrogen (secondary N) is 3. The maximum atomic E-state index is 12.8. The Kier molecular flexibility index (Phi) is 6.41. The highest BCUT2D eigenvalue weighted by Gasteiger charge is 2.14. The summed E-state index contributed by atoms with van der Waals surface area (Å²) >= 11 is 5.08. The van der Waals surface area contributed by atoms with Gasteiger partial charge >= 0.3 is 0 Å². The topological polar surface area (TPSA) is 79.5 Å². The molecule has 0 aliphatic rings. The molecule has 0 unspecified atom stereocenters. The maximum absolute atomic E-state index is 12.8. The number of carbonyl (C=O) groups is 2. The quantitative estimate of drug-likeness (QED) is 0.549. The van der Waals surface area contributed by atoms with Gasteiger partial charge < -0.3 is 20.7 Å². The van der Waals surface area contributed by atoms with Crippen molar-refractivity contribution in [1.82, 2.24) is 5.32 Å². The molecular weight excluding hydrogens is 386 g/mol. The molecule has 0 radical (unpaired) electrons. The van der Waals surface area contributed by atoms with E-state index in [0.29, 0.717) is 29.1 Å². The van der Waals surface area contributed by atoms with E-state index in [0.717, 1.165) is 10.8 Å². The van der Waals surface area contributed by atoms with Gasteiger partial charge in [-0.2, -0.15) is 0 Å². The van der Waals surface area contributed by atoms with Gasteiger partial charge in [0.1, 0.15) is 5.75 Å². The Morgan fingerprint density at radius 3 is 2.10 bits per heavy atom. The first kappa shape index (κ1) is 20.3. The van der Waals surface area contributed by atoms with E-state index in [4.69, 9.17) is 17.0 Å². The van der Waals surface area contributed by atoms with Crippen LogP contribution in [0.4, 0.5) is 11.4 Å². The summed E-state index contributed by atoms with van der Waals surface area (Å²) in [5.74, 6) is 0.0891. The molecule has 0 aromatic heterocycles. The smallest absolute Gasteiger partial charge is 0.259 e. The van der Waals surface area contributed by atoms with Crippen LogP contribution in [0.1, 0.15) is 23.7 Å². The Hall–Kier alpha value is -3.45. The number of anilines is 2. The first-order valence-electron chi connectivity index (χ1n) is 9.09. The Morgan fingerprint density at radius 2 is 1.52 bits per heavy atom. The zero-order valence-corrected chi connectivity index (χ0v) is 16.9. The fourth-order valence-corrected chi connectivity index (χ4v) is 3.01. The molecule has 29 heavy (non-hydrogen) atoms. The number of hydrogen-bond donors (Lipinski definition) is 3. The number of thiocarbonyl (C=S) groups is 1. The number of benzene rings is 3. The van der Waals surface area contributed by atoms with Gasteiger partial charge in [0.25, 0.3) is 5.91 Å². The molecule has 0 saturated heterocycles. The van der Waals surface area contributed by atoms with Crippen molar-refractivity contribution >= 4 is 51.3 Å². The molecule has 0 spiro atoms. The molecule has 3 rings (SSSR count). The van der Waals surface area contributed by atoms with Gasteiger partial charge in [0.15, 0.2) is 5.11 Å². The van der Waals surface area contributed by atoms with Crippen LogP contribution in [-0.2, 0) is 4.79 Å². The lowest BCUT2D eigenvalue weighted by atomic mass is 10.1. The summed E-state index contributed by atoms with van der Waals surface area (Å²) in [5, 5.41) is 10.6. The van der Waals surface area contributed by atoms with E-state index < -0.39 is 0 Å². The third kappa shape index (κ3) is 5.08. The van der Waals surface area contributed by atoms with Crippen molar-refractivity contribution in [2.75, 3.05) is 17.7 Å². The zero-order chi connectivity index (χ0) is 20.8. The van der Waals surface area contributed by atoms with Crippen LogP contribution in [0.3, 0.4) is 0 Å². The lowest BCUT2D eigenvalue weighted by Crippen LogP contribution is -2.33. The minimum Gasteiger partial charge on any atom is -0.496 e. The second kappa shape index (κ2) is 9.16. The van der Waals surface area contributed by atoms with Crippen LogP contribution >= 0.6 is 12.2 Å². The zero-order valence-electron chi connectivity index (χ0n) is 16.1. The summed E-state index contributed by atoms with van der Waals surface area (Å²) in [6.45, 7) is 1.75. The maximum Gasteiger partial charge on any atom is 0.259 e. The van der Waals surface area contributed by atoms with Crippen LogP contribution in [0.2, 0.25) is 0 Å². The summed E-state index contributed by atoms with van der Waals surface area (Å²) in [6.07, 6.45) is 0.352. The molecule has 0 fully saturated rings. The molecule has 148 valence electrons. The molecule has 0 heterocycles. The highest BCUT2D eigenvalue weighted by Crippen LogP contribution is 2.27. The number of fused-ring (bicyclic) bond motifs is 1. The van der Waals surface area contributed by atoms with E-state index in [1.54, 1.807) is 38.3 Å². The van der Waals surface area contributed by atoms with Gasteiger partial charge in [-0.3, -0.25) is 9.59 Å². The highest BCUT2D eigenvalue weighted by atomic mass is 32.1. The summed E-state index contributed by atoms with van der Waals surface area (Å²) in [6, 6.07) is 18.5. The first-order valence-corrected chi connectivity index (χ1v) is 9.50. The number of carbonyl (C=O) groups excluding carboxylic acids is 2. The Labute approximate surface area is 174 Å². The van der Waals surface area contributed by atoms with E-state index in [1.807, 2.05) is 36.4 Å². The van der Waals surface area contributed by atoms with Crippen molar-refractivity contribution in [2.24, 2.45) is 0 Å². The van der Waals surface area contributed by atoms with E-state index in [2.05, 4.69) is 16.0 Å². The van der Waals surface area contributed by atoms with E-state index in [1.165, 1.54) is 0 Å².